The second kappa shape index (κ2) is 6.35. The van der Waals surface area contributed by atoms with Crippen LogP contribution in [0.15, 0.2) is 24.3 Å². The molecule has 104 valence electrons. The first-order valence-electron chi connectivity index (χ1n) is 6.96. The molecule has 0 bridgehead atoms. The molecule has 1 aromatic rings. The maximum atomic E-state index is 5.82. The molecule has 1 unspecified atom stereocenters. The van der Waals surface area contributed by atoms with Crippen LogP contribution in [0.25, 0.3) is 0 Å². The van der Waals surface area contributed by atoms with E-state index >= 15 is 0 Å². The van der Waals surface area contributed by atoms with Crippen LogP contribution in [-0.4, -0.2) is 42.1 Å². The third-order valence-electron chi connectivity index (χ3n) is 3.84. The minimum Gasteiger partial charge on any atom is -0.392 e. The topological polar surface area (TPSA) is 32.5 Å². The van der Waals surface area contributed by atoms with E-state index in [0.717, 1.165) is 32.6 Å². The molecule has 0 aliphatic carbocycles. The Bertz CT molecular complexity index is 439. The zero-order valence-corrected chi connectivity index (χ0v) is 12.6. The zero-order chi connectivity index (χ0) is 13.8. The van der Waals surface area contributed by atoms with Gasteiger partial charge in [0.1, 0.15) is 0 Å². The molecule has 0 saturated carbocycles. The van der Waals surface area contributed by atoms with E-state index < -0.39 is 0 Å². The molecule has 19 heavy (non-hydrogen) atoms. The summed E-state index contributed by atoms with van der Waals surface area (Å²) in [5.74, 6) is 0. The zero-order valence-electron chi connectivity index (χ0n) is 11.8. The molecule has 0 spiro atoms. The summed E-state index contributed by atoms with van der Waals surface area (Å²) in [7, 11) is 0. The molecule has 2 rings (SSSR count). The van der Waals surface area contributed by atoms with Crippen LogP contribution in [0.1, 0.15) is 18.9 Å². The first-order chi connectivity index (χ1) is 9.11. The van der Waals surface area contributed by atoms with Gasteiger partial charge in [-0.25, -0.2) is 0 Å². The van der Waals surface area contributed by atoms with Gasteiger partial charge < -0.3 is 10.6 Å². The molecule has 1 aliphatic heterocycles. The number of benzene rings is 1. The quantitative estimate of drug-likeness (QED) is 0.855. The highest BCUT2D eigenvalue weighted by molar-refractivity contribution is 7.80. The van der Waals surface area contributed by atoms with Gasteiger partial charge in [0, 0.05) is 31.9 Å². The van der Waals surface area contributed by atoms with Crippen molar-refractivity contribution in [2.24, 2.45) is 5.73 Å². The van der Waals surface area contributed by atoms with Gasteiger partial charge in [0.25, 0.3) is 0 Å². The molecule has 0 amide bonds. The lowest BCUT2D eigenvalue weighted by atomic mass is 10.1. The summed E-state index contributed by atoms with van der Waals surface area (Å²) in [6.07, 6.45) is 1.000. The second-order valence-corrected chi connectivity index (χ2v) is 5.66. The summed E-state index contributed by atoms with van der Waals surface area (Å²) in [5, 5.41) is 0. The predicted octanol–water partition coefficient (Wildman–Crippen LogP) is 2.18. The molecular weight excluding hydrogens is 254 g/mol. The molecule has 1 heterocycles. The first kappa shape index (κ1) is 14.3. The Kier molecular flexibility index (Phi) is 4.77. The van der Waals surface area contributed by atoms with Crippen molar-refractivity contribution in [2.75, 3.05) is 31.1 Å². The summed E-state index contributed by atoms with van der Waals surface area (Å²) in [4.78, 5) is 5.48. The van der Waals surface area contributed by atoms with Crippen LogP contribution in [0.2, 0.25) is 0 Å². The Morgan fingerprint density at radius 2 is 2.00 bits per heavy atom. The van der Waals surface area contributed by atoms with Crippen molar-refractivity contribution in [3.05, 3.63) is 29.8 Å². The normalized spacial score (nSPS) is 18.3. The number of piperazine rings is 1. The standard InChI is InChI=1S/C15H23N3S/c1-3-14(15(16)19)18-9-7-17(8-10-18)13-6-4-5-12(2)11-13/h4-6,11,14H,3,7-10H2,1-2H3,(H2,16,19). The van der Waals surface area contributed by atoms with Gasteiger partial charge in [0.15, 0.2) is 0 Å². The van der Waals surface area contributed by atoms with Gasteiger partial charge in [-0.3, -0.25) is 4.90 Å². The molecule has 1 aliphatic rings. The van der Waals surface area contributed by atoms with Crippen LogP contribution >= 0.6 is 12.2 Å². The van der Waals surface area contributed by atoms with Gasteiger partial charge in [-0.2, -0.15) is 0 Å². The fourth-order valence-electron chi connectivity index (χ4n) is 2.76. The summed E-state index contributed by atoms with van der Waals surface area (Å²) < 4.78 is 0. The maximum Gasteiger partial charge on any atom is 0.0901 e. The summed E-state index contributed by atoms with van der Waals surface area (Å²) in [5.41, 5.74) is 8.46. The number of thiocarbonyl (C=S) groups is 1. The maximum absolute atomic E-state index is 5.82. The number of anilines is 1. The highest BCUT2D eigenvalue weighted by atomic mass is 32.1. The first-order valence-corrected chi connectivity index (χ1v) is 7.37. The number of hydrogen-bond acceptors (Lipinski definition) is 3. The van der Waals surface area contributed by atoms with Crippen LogP contribution in [0, 0.1) is 6.92 Å². The molecule has 2 N–H and O–H groups in total. The Labute approximate surface area is 121 Å². The fourth-order valence-corrected chi connectivity index (χ4v) is 3.07. The minimum atomic E-state index is 0.259. The summed E-state index contributed by atoms with van der Waals surface area (Å²) >= 11 is 5.16. The molecule has 1 fully saturated rings. The van der Waals surface area contributed by atoms with E-state index in [0.29, 0.717) is 4.99 Å². The predicted molar refractivity (Wildman–Crippen MR) is 85.8 cm³/mol. The van der Waals surface area contributed by atoms with E-state index in [2.05, 4.69) is 47.9 Å². The Hall–Kier alpha value is -1.13. The van der Waals surface area contributed by atoms with Crippen LogP contribution in [0.4, 0.5) is 5.69 Å². The number of hydrogen-bond donors (Lipinski definition) is 1. The number of nitrogens with two attached hydrogens (primary N) is 1. The van der Waals surface area contributed by atoms with Gasteiger partial charge in [0.2, 0.25) is 0 Å². The van der Waals surface area contributed by atoms with Crippen LogP contribution in [0.5, 0.6) is 0 Å². The molecule has 1 atom stereocenters. The van der Waals surface area contributed by atoms with Crippen molar-refractivity contribution in [1.29, 1.82) is 0 Å². The van der Waals surface area contributed by atoms with Crippen molar-refractivity contribution in [3.63, 3.8) is 0 Å². The molecule has 1 saturated heterocycles. The second-order valence-electron chi connectivity index (χ2n) is 5.19. The fraction of sp³-hybridized carbons (Fsp3) is 0.533. The third-order valence-corrected chi connectivity index (χ3v) is 4.11. The van der Waals surface area contributed by atoms with Gasteiger partial charge in [-0.15, -0.1) is 0 Å². The highest BCUT2D eigenvalue weighted by Gasteiger charge is 2.24. The molecule has 0 aromatic heterocycles. The highest BCUT2D eigenvalue weighted by Crippen LogP contribution is 2.19. The van der Waals surface area contributed by atoms with E-state index in [9.17, 15) is 0 Å². The molecule has 4 heteroatoms. The molecule has 0 radical (unpaired) electrons. The van der Waals surface area contributed by atoms with Crippen molar-refractivity contribution in [3.8, 4) is 0 Å². The van der Waals surface area contributed by atoms with Gasteiger partial charge in [-0.05, 0) is 31.0 Å². The lowest BCUT2D eigenvalue weighted by molar-refractivity contribution is 0.224. The van der Waals surface area contributed by atoms with E-state index in [-0.39, 0.29) is 6.04 Å². The van der Waals surface area contributed by atoms with Gasteiger partial charge >= 0.3 is 0 Å². The lowest BCUT2D eigenvalue weighted by Gasteiger charge is -2.39. The number of aryl methyl sites for hydroxylation is 1. The van der Waals surface area contributed by atoms with Crippen molar-refractivity contribution in [1.82, 2.24) is 4.90 Å². The summed E-state index contributed by atoms with van der Waals surface area (Å²) in [6.45, 7) is 8.44. The van der Waals surface area contributed by atoms with E-state index in [4.69, 9.17) is 18.0 Å². The van der Waals surface area contributed by atoms with E-state index in [1.165, 1.54) is 11.3 Å². The third kappa shape index (κ3) is 3.45. The van der Waals surface area contributed by atoms with Crippen molar-refractivity contribution in [2.45, 2.75) is 26.3 Å². The van der Waals surface area contributed by atoms with E-state index in [1.54, 1.807) is 0 Å². The Morgan fingerprint density at radius 1 is 1.32 bits per heavy atom. The van der Waals surface area contributed by atoms with Crippen LogP contribution < -0.4 is 10.6 Å². The largest absolute Gasteiger partial charge is 0.392 e. The van der Waals surface area contributed by atoms with Crippen molar-refractivity contribution >= 4 is 22.9 Å². The number of nitrogens with zero attached hydrogens (tertiary/aromatic N) is 2. The van der Waals surface area contributed by atoms with Crippen LogP contribution in [0.3, 0.4) is 0 Å². The van der Waals surface area contributed by atoms with Crippen molar-refractivity contribution < 1.29 is 0 Å². The minimum absolute atomic E-state index is 0.259. The van der Waals surface area contributed by atoms with Gasteiger partial charge in [0.05, 0.1) is 11.0 Å². The van der Waals surface area contributed by atoms with E-state index in [1.807, 2.05) is 0 Å². The molecule has 3 nitrogen and oxygen atoms in total. The Balaban J connectivity index is 1.97. The molecular formula is C15H23N3S. The van der Waals surface area contributed by atoms with Crippen LogP contribution in [-0.2, 0) is 0 Å². The van der Waals surface area contributed by atoms with Gasteiger partial charge in [-0.1, -0.05) is 31.3 Å². The monoisotopic (exact) mass is 277 g/mol. The summed E-state index contributed by atoms with van der Waals surface area (Å²) in [6, 6.07) is 8.96. The molecule has 1 aromatic carbocycles. The SMILES string of the molecule is CCC(C(N)=S)N1CCN(c2cccc(C)c2)CC1. The Morgan fingerprint density at radius 3 is 2.53 bits per heavy atom. The average Bonchev–Trinajstić information content (AvgIpc) is 2.40. The smallest absolute Gasteiger partial charge is 0.0901 e. The lowest BCUT2D eigenvalue weighted by Crippen LogP contribution is -2.53. The number of rotatable bonds is 4. The average molecular weight is 277 g/mol.